The van der Waals surface area contributed by atoms with E-state index in [2.05, 4.69) is 0 Å². The third-order valence-electron chi connectivity index (χ3n) is 4.47. The molecule has 1 atom stereocenters. The fraction of sp³-hybridized carbons (Fsp3) is 0.667. The van der Waals surface area contributed by atoms with Gasteiger partial charge in [0.15, 0.2) is 5.76 Å². The van der Waals surface area contributed by atoms with Gasteiger partial charge in [-0.2, -0.15) is 0 Å². The van der Waals surface area contributed by atoms with Crippen LogP contribution in [-0.2, 0) is 9.47 Å². The number of carbonyl (C=O) groups excluding carboxylic acids is 1. The highest BCUT2D eigenvalue weighted by Crippen LogP contribution is 2.36. The Balaban J connectivity index is 1.60. The van der Waals surface area contributed by atoms with Crippen LogP contribution < -0.4 is 0 Å². The molecule has 0 bridgehead atoms. The summed E-state index contributed by atoms with van der Waals surface area (Å²) in [6.07, 6.45) is 5.47. The third kappa shape index (κ3) is 2.60. The molecule has 0 radical (unpaired) electrons. The van der Waals surface area contributed by atoms with Gasteiger partial charge in [0, 0.05) is 33.2 Å². The van der Waals surface area contributed by atoms with Crippen LogP contribution in [-0.4, -0.2) is 49.3 Å². The Morgan fingerprint density at radius 1 is 1.45 bits per heavy atom. The molecule has 3 rings (SSSR count). The molecule has 1 spiro atoms. The molecule has 3 heterocycles. The lowest BCUT2D eigenvalue weighted by Gasteiger charge is -2.45. The molecule has 5 nitrogen and oxygen atoms in total. The van der Waals surface area contributed by atoms with Crippen LogP contribution in [0.2, 0.25) is 0 Å². The largest absolute Gasteiger partial charge is 0.459 e. The molecule has 0 saturated carbocycles. The Morgan fingerprint density at radius 2 is 2.25 bits per heavy atom. The van der Waals surface area contributed by atoms with Crippen LogP contribution in [0.3, 0.4) is 0 Å². The van der Waals surface area contributed by atoms with E-state index in [0.29, 0.717) is 5.76 Å². The summed E-state index contributed by atoms with van der Waals surface area (Å²) in [6, 6.07) is 3.46. The summed E-state index contributed by atoms with van der Waals surface area (Å²) in [5, 5.41) is 0. The van der Waals surface area contributed by atoms with E-state index in [-0.39, 0.29) is 17.6 Å². The van der Waals surface area contributed by atoms with Gasteiger partial charge in [0.25, 0.3) is 5.91 Å². The van der Waals surface area contributed by atoms with Crippen molar-refractivity contribution in [2.45, 2.75) is 37.4 Å². The van der Waals surface area contributed by atoms with Gasteiger partial charge in [-0.05, 0) is 31.4 Å². The van der Waals surface area contributed by atoms with Crippen molar-refractivity contribution in [3.63, 3.8) is 0 Å². The van der Waals surface area contributed by atoms with E-state index in [9.17, 15) is 4.79 Å². The van der Waals surface area contributed by atoms with Gasteiger partial charge in [-0.3, -0.25) is 4.79 Å². The number of carbonyl (C=O) groups is 1. The van der Waals surface area contributed by atoms with Crippen molar-refractivity contribution in [2.24, 2.45) is 0 Å². The molecule has 5 heteroatoms. The Bertz CT molecular complexity index is 448. The fourth-order valence-electron chi connectivity index (χ4n) is 3.21. The van der Waals surface area contributed by atoms with E-state index in [0.717, 1.165) is 45.4 Å². The van der Waals surface area contributed by atoms with Crippen LogP contribution in [0.5, 0.6) is 0 Å². The molecule has 1 aromatic rings. The molecule has 0 aliphatic carbocycles. The molecule has 0 aromatic carbocycles. The molecule has 2 aliphatic rings. The number of piperidine rings is 1. The first-order valence-electron chi connectivity index (χ1n) is 7.22. The molecular formula is C15H21NO4. The van der Waals surface area contributed by atoms with Crippen LogP contribution >= 0.6 is 0 Å². The number of hydrogen-bond donors (Lipinski definition) is 0. The Hall–Kier alpha value is -1.33. The average molecular weight is 279 g/mol. The number of amides is 1. The minimum absolute atomic E-state index is 0.0241. The normalized spacial score (nSPS) is 25.9. The standard InChI is InChI=1S/C15H21NO4/c1-18-12-4-10-20-15(11-12)5-7-16(8-6-15)14(17)13-3-2-9-19-13/h2-3,9,12H,4-8,10-11H2,1H3. The van der Waals surface area contributed by atoms with Crippen LogP contribution in [0, 0.1) is 0 Å². The number of ether oxygens (including phenoxy) is 2. The zero-order valence-corrected chi connectivity index (χ0v) is 11.8. The van der Waals surface area contributed by atoms with Gasteiger partial charge < -0.3 is 18.8 Å². The number of rotatable bonds is 2. The molecule has 0 N–H and O–H groups in total. The van der Waals surface area contributed by atoms with Crippen molar-refractivity contribution in [3.8, 4) is 0 Å². The molecule has 1 aromatic heterocycles. The fourth-order valence-corrected chi connectivity index (χ4v) is 3.21. The number of nitrogens with zero attached hydrogens (tertiary/aromatic N) is 1. The number of hydrogen-bond acceptors (Lipinski definition) is 4. The average Bonchev–Trinajstić information content (AvgIpc) is 3.02. The van der Waals surface area contributed by atoms with E-state index in [1.165, 1.54) is 6.26 Å². The monoisotopic (exact) mass is 279 g/mol. The highest BCUT2D eigenvalue weighted by atomic mass is 16.5. The van der Waals surface area contributed by atoms with Crippen molar-refractivity contribution in [2.75, 3.05) is 26.8 Å². The van der Waals surface area contributed by atoms with Gasteiger partial charge in [-0.25, -0.2) is 0 Å². The minimum atomic E-state index is -0.0983. The number of likely N-dealkylation sites (tertiary alicyclic amines) is 1. The lowest BCUT2D eigenvalue weighted by atomic mass is 9.83. The van der Waals surface area contributed by atoms with Gasteiger partial charge in [-0.15, -0.1) is 0 Å². The Morgan fingerprint density at radius 3 is 2.90 bits per heavy atom. The summed E-state index contributed by atoms with van der Waals surface area (Å²) in [6.45, 7) is 2.19. The van der Waals surface area contributed by atoms with E-state index in [4.69, 9.17) is 13.9 Å². The maximum absolute atomic E-state index is 12.2. The zero-order chi connectivity index (χ0) is 14.0. The van der Waals surface area contributed by atoms with Crippen molar-refractivity contribution < 1.29 is 18.7 Å². The lowest BCUT2D eigenvalue weighted by Crippen LogP contribution is -2.51. The smallest absolute Gasteiger partial charge is 0.289 e. The van der Waals surface area contributed by atoms with Crippen LogP contribution in [0.1, 0.15) is 36.2 Å². The summed E-state index contributed by atoms with van der Waals surface area (Å²) in [5.41, 5.74) is -0.0983. The summed E-state index contributed by atoms with van der Waals surface area (Å²) in [5.74, 6) is 0.393. The maximum atomic E-state index is 12.2. The summed E-state index contributed by atoms with van der Waals surface area (Å²) >= 11 is 0. The summed E-state index contributed by atoms with van der Waals surface area (Å²) in [7, 11) is 1.76. The quantitative estimate of drug-likeness (QED) is 0.831. The van der Waals surface area contributed by atoms with Crippen molar-refractivity contribution in [1.82, 2.24) is 4.90 Å². The van der Waals surface area contributed by atoms with E-state index >= 15 is 0 Å². The van der Waals surface area contributed by atoms with Crippen molar-refractivity contribution in [1.29, 1.82) is 0 Å². The van der Waals surface area contributed by atoms with Crippen LogP contribution in [0.4, 0.5) is 0 Å². The molecule has 20 heavy (non-hydrogen) atoms. The lowest BCUT2D eigenvalue weighted by molar-refractivity contribution is -0.146. The highest BCUT2D eigenvalue weighted by molar-refractivity contribution is 5.91. The Kier molecular flexibility index (Phi) is 3.81. The molecular weight excluding hydrogens is 258 g/mol. The molecule has 1 amide bonds. The second-order valence-electron chi connectivity index (χ2n) is 5.65. The first kappa shape index (κ1) is 13.6. The highest BCUT2D eigenvalue weighted by Gasteiger charge is 2.41. The summed E-state index contributed by atoms with van der Waals surface area (Å²) in [4.78, 5) is 14.1. The van der Waals surface area contributed by atoms with Gasteiger partial charge in [0.05, 0.1) is 18.0 Å². The molecule has 2 aliphatic heterocycles. The Labute approximate surface area is 118 Å². The predicted molar refractivity (Wildman–Crippen MR) is 72.6 cm³/mol. The minimum Gasteiger partial charge on any atom is -0.459 e. The number of furan rings is 1. The van der Waals surface area contributed by atoms with E-state index in [1.807, 2.05) is 4.90 Å². The third-order valence-corrected chi connectivity index (χ3v) is 4.47. The van der Waals surface area contributed by atoms with Gasteiger partial charge in [0.1, 0.15) is 0 Å². The van der Waals surface area contributed by atoms with Crippen LogP contribution in [0.25, 0.3) is 0 Å². The maximum Gasteiger partial charge on any atom is 0.289 e. The number of methoxy groups -OCH3 is 1. The van der Waals surface area contributed by atoms with Crippen molar-refractivity contribution in [3.05, 3.63) is 24.2 Å². The zero-order valence-electron chi connectivity index (χ0n) is 11.8. The second kappa shape index (κ2) is 5.58. The molecule has 2 saturated heterocycles. The SMILES string of the molecule is COC1CCOC2(CCN(C(=O)c3ccco3)CC2)C1. The molecule has 2 fully saturated rings. The van der Waals surface area contributed by atoms with Crippen molar-refractivity contribution >= 4 is 5.91 Å². The van der Waals surface area contributed by atoms with E-state index in [1.54, 1.807) is 19.2 Å². The predicted octanol–water partition coefficient (Wildman–Crippen LogP) is 2.08. The first-order chi connectivity index (χ1) is 9.72. The van der Waals surface area contributed by atoms with Gasteiger partial charge >= 0.3 is 0 Å². The van der Waals surface area contributed by atoms with E-state index < -0.39 is 0 Å². The second-order valence-corrected chi connectivity index (χ2v) is 5.65. The van der Waals surface area contributed by atoms with Gasteiger partial charge in [0.2, 0.25) is 0 Å². The first-order valence-corrected chi connectivity index (χ1v) is 7.22. The van der Waals surface area contributed by atoms with Gasteiger partial charge in [-0.1, -0.05) is 0 Å². The topological polar surface area (TPSA) is 51.9 Å². The molecule has 110 valence electrons. The molecule has 1 unspecified atom stereocenters. The summed E-state index contributed by atoms with van der Waals surface area (Å²) < 4.78 is 16.7. The van der Waals surface area contributed by atoms with Crippen LogP contribution in [0.15, 0.2) is 22.8 Å².